The van der Waals surface area contributed by atoms with Crippen LogP contribution in [0.3, 0.4) is 0 Å². The van der Waals surface area contributed by atoms with Gasteiger partial charge in [0.05, 0.1) is 19.2 Å². The van der Waals surface area contributed by atoms with Gasteiger partial charge in [-0.2, -0.15) is 0 Å². The summed E-state index contributed by atoms with van der Waals surface area (Å²) in [6.45, 7) is 0.0618. The molecule has 3 aromatic carbocycles. The number of nitrogens with zero attached hydrogens (tertiary/aromatic N) is 1. The minimum Gasteiger partial charge on any atom is -0.496 e. The van der Waals surface area contributed by atoms with E-state index in [0.717, 1.165) is 0 Å². The molecule has 0 radical (unpaired) electrons. The standard InChI is InChI=1S/C24H19FN2O3/c1-30-20-13-6-5-10-17(20)15-27-23(28)21(16-8-3-2-4-9-16)22(24(27)29)26-19-12-7-11-18(25)14-19/h2-14,26H,15H2,1H3. The minimum absolute atomic E-state index is 0.0618. The number of nitrogens with one attached hydrogen (secondary N) is 1. The molecule has 0 saturated carbocycles. The Morgan fingerprint density at radius 3 is 2.37 bits per heavy atom. The molecule has 30 heavy (non-hydrogen) atoms. The predicted octanol–water partition coefficient (Wildman–Crippen LogP) is 4.23. The van der Waals surface area contributed by atoms with Gasteiger partial charge in [0.1, 0.15) is 17.3 Å². The molecule has 1 heterocycles. The van der Waals surface area contributed by atoms with Gasteiger partial charge in [-0.3, -0.25) is 14.5 Å². The summed E-state index contributed by atoms with van der Waals surface area (Å²) in [4.78, 5) is 27.7. The molecule has 1 aliphatic heterocycles. The molecular formula is C24H19FN2O3. The van der Waals surface area contributed by atoms with Gasteiger partial charge in [-0.25, -0.2) is 4.39 Å². The third-order valence-corrected chi connectivity index (χ3v) is 4.85. The zero-order chi connectivity index (χ0) is 21.1. The van der Waals surface area contributed by atoms with Crippen molar-refractivity contribution < 1.29 is 18.7 Å². The third-order valence-electron chi connectivity index (χ3n) is 4.85. The first-order valence-electron chi connectivity index (χ1n) is 9.39. The Balaban J connectivity index is 1.74. The number of hydrogen-bond donors (Lipinski definition) is 1. The molecule has 0 aliphatic carbocycles. The maximum atomic E-state index is 13.7. The van der Waals surface area contributed by atoms with Gasteiger partial charge < -0.3 is 10.1 Å². The molecule has 0 atom stereocenters. The van der Waals surface area contributed by atoms with Gasteiger partial charge in [0.15, 0.2) is 0 Å². The van der Waals surface area contributed by atoms with E-state index >= 15 is 0 Å². The second-order valence-electron chi connectivity index (χ2n) is 6.76. The molecule has 0 saturated heterocycles. The van der Waals surface area contributed by atoms with Gasteiger partial charge in [-0.05, 0) is 29.8 Å². The van der Waals surface area contributed by atoms with E-state index in [4.69, 9.17) is 4.74 Å². The van der Waals surface area contributed by atoms with Crippen molar-refractivity contribution in [1.29, 1.82) is 0 Å². The van der Waals surface area contributed by atoms with Gasteiger partial charge >= 0.3 is 0 Å². The smallest absolute Gasteiger partial charge is 0.278 e. The van der Waals surface area contributed by atoms with Gasteiger partial charge in [0.2, 0.25) is 0 Å². The second-order valence-corrected chi connectivity index (χ2v) is 6.76. The molecule has 0 fully saturated rings. The van der Waals surface area contributed by atoms with Crippen molar-refractivity contribution in [3.63, 3.8) is 0 Å². The third kappa shape index (κ3) is 3.67. The molecule has 0 spiro atoms. The van der Waals surface area contributed by atoms with Crippen LogP contribution in [0.2, 0.25) is 0 Å². The van der Waals surface area contributed by atoms with Crippen molar-refractivity contribution in [3.05, 3.63) is 102 Å². The first kappa shape index (κ1) is 19.4. The highest BCUT2D eigenvalue weighted by atomic mass is 19.1. The van der Waals surface area contributed by atoms with Gasteiger partial charge in [0.25, 0.3) is 11.8 Å². The average Bonchev–Trinajstić information content (AvgIpc) is 2.99. The number of para-hydroxylation sites is 1. The van der Waals surface area contributed by atoms with Crippen molar-refractivity contribution in [3.8, 4) is 5.75 Å². The fourth-order valence-electron chi connectivity index (χ4n) is 3.42. The summed E-state index contributed by atoms with van der Waals surface area (Å²) in [6, 6.07) is 21.9. The van der Waals surface area contributed by atoms with Gasteiger partial charge in [-0.1, -0.05) is 54.6 Å². The van der Waals surface area contributed by atoms with E-state index in [1.54, 1.807) is 42.5 Å². The highest BCUT2D eigenvalue weighted by Gasteiger charge is 2.39. The first-order valence-corrected chi connectivity index (χ1v) is 9.39. The number of benzene rings is 3. The summed E-state index contributed by atoms with van der Waals surface area (Å²) in [5.74, 6) is -0.750. The molecule has 0 bridgehead atoms. The molecule has 0 unspecified atom stereocenters. The number of rotatable bonds is 6. The largest absolute Gasteiger partial charge is 0.496 e. The Labute approximate surface area is 173 Å². The quantitative estimate of drug-likeness (QED) is 0.627. The minimum atomic E-state index is -0.478. The zero-order valence-corrected chi connectivity index (χ0v) is 16.3. The van der Waals surface area contributed by atoms with Crippen LogP contribution in [0.5, 0.6) is 5.75 Å². The van der Waals surface area contributed by atoms with Gasteiger partial charge in [-0.15, -0.1) is 0 Å². The Kier molecular flexibility index (Phi) is 5.30. The van der Waals surface area contributed by atoms with Crippen molar-refractivity contribution in [2.75, 3.05) is 12.4 Å². The van der Waals surface area contributed by atoms with Crippen LogP contribution >= 0.6 is 0 Å². The van der Waals surface area contributed by atoms with Crippen molar-refractivity contribution in [2.24, 2.45) is 0 Å². The van der Waals surface area contributed by atoms with E-state index in [1.807, 2.05) is 18.2 Å². The normalized spacial score (nSPS) is 13.7. The average molecular weight is 402 g/mol. The lowest BCUT2D eigenvalue weighted by Gasteiger charge is -2.17. The van der Waals surface area contributed by atoms with Crippen molar-refractivity contribution in [1.82, 2.24) is 4.90 Å². The molecule has 150 valence electrons. The SMILES string of the molecule is COc1ccccc1CN1C(=O)C(Nc2cccc(F)c2)=C(c2ccccc2)C1=O. The Morgan fingerprint density at radius 1 is 0.900 bits per heavy atom. The van der Waals surface area contributed by atoms with E-state index in [9.17, 15) is 14.0 Å². The monoisotopic (exact) mass is 402 g/mol. The van der Waals surface area contributed by atoms with Crippen LogP contribution in [0.15, 0.2) is 84.6 Å². The van der Waals surface area contributed by atoms with Gasteiger partial charge in [0, 0.05) is 11.3 Å². The van der Waals surface area contributed by atoms with Crippen molar-refractivity contribution >= 4 is 23.1 Å². The topological polar surface area (TPSA) is 58.6 Å². The highest BCUT2D eigenvalue weighted by molar-refractivity contribution is 6.36. The fourth-order valence-corrected chi connectivity index (χ4v) is 3.42. The van der Waals surface area contributed by atoms with E-state index in [2.05, 4.69) is 5.32 Å². The summed E-state index contributed by atoms with van der Waals surface area (Å²) in [6.07, 6.45) is 0. The molecule has 3 aromatic rings. The molecule has 6 heteroatoms. The number of methoxy groups -OCH3 is 1. The zero-order valence-electron chi connectivity index (χ0n) is 16.3. The van der Waals surface area contributed by atoms with E-state index in [1.165, 1.54) is 30.2 Å². The lowest BCUT2D eigenvalue weighted by molar-refractivity contribution is -0.137. The number of anilines is 1. The Morgan fingerprint density at radius 2 is 1.63 bits per heavy atom. The molecule has 2 amide bonds. The number of ether oxygens (including phenoxy) is 1. The number of amides is 2. The Hall–Kier alpha value is -3.93. The lowest BCUT2D eigenvalue weighted by atomic mass is 10.0. The maximum Gasteiger partial charge on any atom is 0.278 e. The maximum absolute atomic E-state index is 13.7. The molecule has 0 aromatic heterocycles. The van der Waals surface area contributed by atoms with E-state index < -0.39 is 17.6 Å². The van der Waals surface area contributed by atoms with Crippen LogP contribution in [0.1, 0.15) is 11.1 Å². The van der Waals surface area contributed by atoms with Crippen LogP contribution in [0.25, 0.3) is 5.57 Å². The molecule has 5 nitrogen and oxygen atoms in total. The number of imide groups is 1. The fraction of sp³-hybridized carbons (Fsp3) is 0.0833. The number of hydrogen-bond acceptors (Lipinski definition) is 4. The summed E-state index contributed by atoms with van der Waals surface area (Å²) in [7, 11) is 1.54. The predicted molar refractivity (Wildman–Crippen MR) is 112 cm³/mol. The molecule has 4 rings (SSSR count). The summed E-state index contributed by atoms with van der Waals surface area (Å²) >= 11 is 0. The molecule has 1 aliphatic rings. The van der Waals surface area contributed by atoms with E-state index in [-0.39, 0.29) is 17.8 Å². The van der Waals surface area contributed by atoms with Crippen LogP contribution in [-0.4, -0.2) is 23.8 Å². The lowest BCUT2D eigenvalue weighted by Crippen LogP contribution is -2.32. The number of carbonyl (C=O) groups excluding carboxylic acids is 2. The number of halogens is 1. The molecular weight excluding hydrogens is 383 g/mol. The van der Waals surface area contributed by atoms with E-state index in [0.29, 0.717) is 22.6 Å². The first-order chi connectivity index (χ1) is 14.6. The summed E-state index contributed by atoms with van der Waals surface area (Å²) in [5, 5.41) is 2.95. The van der Waals surface area contributed by atoms with Crippen molar-refractivity contribution in [2.45, 2.75) is 6.54 Å². The molecule has 1 N–H and O–H groups in total. The van der Waals surface area contributed by atoms with Crippen LogP contribution in [0.4, 0.5) is 10.1 Å². The number of carbonyl (C=O) groups is 2. The van der Waals surface area contributed by atoms with Crippen LogP contribution in [-0.2, 0) is 16.1 Å². The highest BCUT2D eigenvalue weighted by Crippen LogP contribution is 2.32. The second kappa shape index (κ2) is 8.21. The summed E-state index contributed by atoms with van der Waals surface area (Å²) in [5.41, 5.74) is 2.07. The Bertz CT molecular complexity index is 1140. The van der Waals surface area contributed by atoms with Crippen LogP contribution < -0.4 is 10.1 Å². The summed E-state index contributed by atoms with van der Waals surface area (Å²) < 4.78 is 19.0. The van der Waals surface area contributed by atoms with Crippen LogP contribution in [0, 0.1) is 5.82 Å².